The molecule has 1 unspecified atom stereocenters. The Balaban J connectivity index is 1.92. The van der Waals surface area contributed by atoms with Crippen LogP contribution >= 0.6 is 0 Å². The first-order chi connectivity index (χ1) is 9.24. The third-order valence-electron chi connectivity index (χ3n) is 2.61. The van der Waals surface area contributed by atoms with E-state index in [9.17, 15) is 5.21 Å². The average Bonchev–Trinajstić information content (AvgIpc) is 2.40. The van der Waals surface area contributed by atoms with Crippen LogP contribution in [0.2, 0.25) is 4.82 Å². The first-order valence-corrected chi connectivity index (χ1v) is 8.14. The summed E-state index contributed by atoms with van der Waals surface area (Å²) in [5.41, 5.74) is 0.955. The fourth-order valence-electron chi connectivity index (χ4n) is 1.78. The molecule has 2 nitrogen and oxygen atoms in total. The standard InChI is InChI=1S/C16H17NOSe/c1-14(19-16-10-6-3-7-11-16)12-17(18)13-15-8-4-2-5-9-15/h2-11,13-14H,12H2,1H3/b17-13-. The van der Waals surface area contributed by atoms with E-state index < -0.39 is 0 Å². The van der Waals surface area contributed by atoms with Crippen molar-refractivity contribution in [2.75, 3.05) is 6.54 Å². The minimum atomic E-state index is 0.342. The van der Waals surface area contributed by atoms with E-state index in [0.717, 1.165) is 10.3 Å². The van der Waals surface area contributed by atoms with Crippen LogP contribution < -0.4 is 4.46 Å². The Morgan fingerprint density at radius 3 is 2.26 bits per heavy atom. The molecule has 0 N–H and O–H groups in total. The number of benzene rings is 2. The van der Waals surface area contributed by atoms with Crippen molar-refractivity contribution in [3.63, 3.8) is 0 Å². The second-order valence-electron chi connectivity index (χ2n) is 4.38. The van der Waals surface area contributed by atoms with Gasteiger partial charge in [-0.3, -0.25) is 0 Å². The van der Waals surface area contributed by atoms with Crippen LogP contribution in [-0.2, 0) is 0 Å². The zero-order valence-corrected chi connectivity index (χ0v) is 12.6. The first-order valence-electron chi connectivity index (χ1n) is 6.29. The van der Waals surface area contributed by atoms with Gasteiger partial charge in [0, 0.05) is 0 Å². The Bertz CT molecular complexity index is 525. The molecule has 19 heavy (non-hydrogen) atoms. The molecule has 2 aromatic carbocycles. The Labute approximate surface area is 120 Å². The fraction of sp³-hybridized carbons (Fsp3) is 0.188. The summed E-state index contributed by atoms with van der Waals surface area (Å²) in [5, 5.41) is 11.9. The summed E-state index contributed by atoms with van der Waals surface area (Å²) in [4.78, 5) is 0.396. The van der Waals surface area contributed by atoms with E-state index in [1.807, 2.05) is 36.4 Å². The van der Waals surface area contributed by atoms with Crippen LogP contribution in [0.15, 0.2) is 60.7 Å². The van der Waals surface area contributed by atoms with E-state index in [-0.39, 0.29) is 0 Å². The van der Waals surface area contributed by atoms with Gasteiger partial charge in [-0.2, -0.15) is 0 Å². The van der Waals surface area contributed by atoms with Gasteiger partial charge in [-0.1, -0.05) is 0 Å². The van der Waals surface area contributed by atoms with Gasteiger partial charge < -0.3 is 0 Å². The monoisotopic (exact) mass is 319 g/mol. The van der Waals surface area contributed by atoms with Gasteiger partial charge in [-0.25, -0.2) is 0 Å². The molecule has 0 saturated carbocycles. The molecule has 0 bridgehead atoms. The van der Waals surface area contributed by atoms with Crippen LogP contribution in [-0.4, -0.2) is 32.5 Å². The van der Waals surface area contributed by atoms with Gasteiger partial charge in [0.25, 0.3) is 0 Å². The minimum absolute atomic E-state index is 0.342. The van der Waals surface area contributed by atoms with Crippen LogP contribution in [0.1, 0.15) is 12.5 Å². The third-order valence-corrected chi connectivity index (χ3v) is 4.91. The molecule has 1 atom stereocenters. The van der Waals surface area contributed by atoms with Crippen LogP contribution in [0, 0.1) is 5.21 Å². The summed E-state index contributed by atoms with van der Waals surface area (Å²) in [7, 11) is 0. The molecule has 0 aliphatic rings. The normalized spacial score (nSPS) is 13.2. The molecule has 98 valence electrons. The van der Waals surface area contributed by atoms with Crippen LogP contribution in [0.4, 0.5) is 0 Å². The molecule has 0 amide bonds. The summed E-state index contributed by atoms with van der Waals surface area (Å²) >= 11 is 0.342. The zero-order chi connectivity index (χ0) is 13.5. The summed E-state index contributed by atoms with van der Waals surface area (Å²) in [6.45, 7) is 2.68. The van der Waals surface area contributed by atoms with Crippen LogP contribution in [0.25, 0.3) is 0 Å². The van der Waals surface area contributed by atoms with Gasteiger partial charge in [0.15, 0.2) is 0 Å². The molecular formula is C16H17NOSe. The number of hydrogen-bond acceptors (Lipinski definition) is 1. The molecule has 3 heteroatoms. The van der Waals surface area contributed by atoms with Crippen molar-refractivity contribution < 1.29 is 4.74 Å². The summed E-state index contributed by atoms with van der Waals surface area (Å²) < 4.78 is 2.39. The molecule has 0 radical (unpaired) electrons. The molecule has 0 saturated heterocycles. The van der Waals surface area contributed by atoms with Crippen molar-refractivity contribution in [1.82, 2.24) is 0 Å². The van der Waals surface area contributed by atoms with E-state index in [0.29, 0.717) is 26.3 Å². The van der Waals surface area contributed by atoms with Crippen molar-refractivity contribution in [3.8, 4) is 0 Å². The topological polar surface area (TPSA) is 26.1 Å². The second kappa shape index (κ2) is 7.13. The molecule has 0 fully saturated rings. The Morgan fingerprint density at radius 2 is 1.63 bits per heavy atom. The SMILES string of the molecule is CC(C/[N+]([O-])=C/c1ccccc1)[Se]c1ccccc1. The fourth-order valence-corrected chi connectivity index (χ4v) is 3.88. The van der Waals surface area contributed by atoms with Crippen molar-refractivity contribution in [1.29, 1.82) is 0 Å². The predicted octanol–water partition coefficient (Wildman–Crippen LogP) is 2.45. The van der Waals surface area contributed by atoms with Crippen LogP contribution in [0.5, 0.6) is 0 Å². The van der Waals surface area contributed by atoms with E-state index >= 15 is 0 Å². The molecule has 0 spiro atoms. The van der Waals surface area contributed by atoms with Gasteiger partial charge in [0.2, 0.25) is 0 Å². The quantitative estimate of drug-likeness (QED) is 0.273. The Kier molecular flexibility index (Phi) is 5.19. The number of hydroxylamine groups is 1. The summed E-state index contributed by atoms with van der Waals surface area (Å²) in [6, 6.07) is 20.1. The van der Waals surface area contributed by atoms with Gasteiger partial charge >= 0.3 is 120 Å². The number of nitrogens with zero attached hydrogens (tertiary/aromatic N) is 1. The van der Waals surface area contributed by atoms with E-state index in [1.54, 1.807) is 6.21 Å². The predicted molar refractivity (Wildman–Crippen MR) is 81.4 cm³/mol. The molecular weight excluding hydrogens is 301 g/mol. The molecule has 0 aliphatic heterocycles. The Morgan fingerprint density at radius 1 is 1.05 bits per heavy atom. The number of hydrogen-bond donors (Lipinski definition) is 0. The summed E-state index contributed by atoms with van der Waals surface area (Å²) in [5.74, 6) is 0. The van der Waals surface area contributed by atoms with E-state index in [4.69, 9.17) is 0 Å². The third kappa shape index (κ3) is 4.90. The van der Waals surface area contributed by atoms with Crippen molar-refractivity contribution in [3.05, 3.63) is 71.4 Å². The second-order valence-corrected chi connectivity index (χ2v) is 7.55. The van der Waals surface area contributed by atoms with E-state index in [1.165, 1.54) is 4.46 Å². The molecule has 0 aromatic heterocycles. The summed E-state index contributed by atoms with van der Waals surface area (Å²) in [6.07, 6.45) is 1.66. The van der Waals surface area contributed by atoms with Gasteiger partial charge in [-0.15, -0.1) is 0 Å². The van der Waals surface area contributed by atoms with Crippen LogP contribution in [0.3, 0.4) is 0 Å². The van der Waals surface area contributed by atoms with Gasteiger partial charge in [-0.05, 0) is 0 Å². The van der Waals surface area contributed by atoms with Gasteiger partial charge in [0.1, 0.15) is 0 Å². The maximum atomic E-state index is 11.9. The van der Waals surface area contributed by atoms with Crippen molar-refractivity contribution in [2.45, 2.75) is 11.7 Å². The Hall–Kier alpha value is -1.57. The van der Waals surface area contributed by atoms with E-state index in [2.05, 4.69) is 31.2 Å². The molecule has 2 aromatic rings. The maximum absolute atomic E-state index is 11.9. The molecule has 0 heterocycles. The first kappa shape index (κ1) is 13.9. The zero-order valence-electron chi connectivity index (χ0n) is 10.9. The molecule has 0 aliphatic carbocycles. The van der Waals surface area contributed by atoms with Crippen molar-refractivity contribution >= 4 is 25.6 Å². The average molecular weight is 318 g/mol. The number of rotatable bonds is 5. The van der Waals surface area contributed by atoms with Crippen molar-refractivity contribution in [2.24, 2.45) is 0 Å². The molecule has 2 rings (SSSR count). The van der Waals surface area contributed by atoms with Gasteiger partial charge in [0.05, 0.1) is 0 Å².